The van der Waals surface area contributed by atoms with E-state index in [1.807, 2.05) is 18.7 Å². The third-order valence-electron chi connectivity index (χ3n) is 4.32. The molecule has 0 spiro atoms. The number of esters is 1. The highest BCUT2D eigenvalue weighted by molar-refractivity contribution is 5.78. The average molecular weight is 283 g/mol. The van der Waals surface area contributed by atoms with Crippen LogP contribution in [-0.4, -0.2) is 36.5 Å². The van der Waals surface area contributed by atoms with Gasteiger partial charge < -0.3 is 9.64 Å². The lowest BCUT2D eigenvalue weighted by atomic mass is 9.84. The number of nitrogens with zero attached hydrogens (tertiary/aromatic N) is 1. The quantitative estimate of drug-likeness (QED) is 0.704. The van der Waals surface area contributed by atoms with Gasteiger partial charge in [0.25, 0.3) is 0 Å². The first kappa shape index (κ1) is 17.0. The maximum absolute atomic E-state index is 12.4. The van der Waals surface area contributed by atoms with Crippen LogP contribution in [0.3, 0.4) is 0 Å². The summed E-state index contributed by atoms with van der Waals surface area (Å²) in [6.45, 7) is 6.56. The second-order valence-corrected chi connectivity index (χ2v) is 6.05. The zero-order chi connectivity index (χ0) is 15.1. The number of ether oxygens (including phenoxy) is 1. The molecule has 0 aromatic carbocycles. The van der Waals surface area contributed by atoms with Crippen LogP contribution >= 0.6 is 0 Å². The molecule has 0 heterocycles. The van der Waals surface area contributed by atoms with Gasteiger partial charge in [-0.15, -0.1) is 0 Å². The maximum atomic E-state index is 12.4. The highest BCUT2D eigenvalue weighted by atomic mass is 16.5. The van der Waals surface area contributed by atoms with E-state index in [0.717, 1.165) is 12.8 Å². The summed E-state index contributed by atoms with van der Waals surface area (Å²) >= 11 is 0. The van der Waals surface area contributed by atoms with Gasteiger partial charge in [0.05, 0.1) is 13.0 Å². The highest BCUT2D eigenvalue weighted by Crippen LogP contribution is 2.29. The number of hydrogen-bond acceptors (Lipinski definition) is 3. The third-order valence-corrected chi connectivity index (χ3v) is 4.32. The Morgan fingerprint density at radius 1 is 1.30 bits per heavy atom. The molecular formula is C16H29NO3. The van der Waals surface area contributed by atoms with Gasteiger partial charge in [-0.2, -0.15) is 0 Å². The smallest absolute Gasteiger partial charge is 0.310 e. The fraction of sp³-hybridized carbons (Fsp3) is 0.875. The number of hydrogen-bond donors (Lipinski definition) is 0. The zero-order valence-corrected chi connectivity index (χ0v) is 13.4. The predicted molar refractivity (Wildman–Crippen MR) is 79.2 cm³/mol. The molecule has 0 aromatic rings. The number of rotatable bonds is 6. The SMILES string of the molecule is CCCC(=O)N(CC(C)C(=O)OC)C1CCCCC1C. The fourth-order valence-electron chi connectivity index (χ4n) is 3.11. The monoisotopic (exact) mass is 283 g/mol. The molecule has 1 aliphatic rings. The molecule has 1 fully saturated rings. The van der Waals surface area contributed by atoms with E-state index >= 15 is 0 Å². The lowest BCUT2D eigenvalue weighted by Gasteiger charge is -2.39. The van der Waals surface area contributed by atoms with Gasteiger partial charge in [-0.05, 0) is 25.2 Å². The normalized spacial score (nSPS) is 24.0. The molecule has 0 aliphatic heterocycles. The lowest BCUT2D eigenvalue weighted by molar-refractivity contribution is -0.147. The molecule has 4 heteroatoms. The van der Waals surface area contributed by atoms with E-state index in [4.69, 9.17) is 4.74 Å². The van der Waals surface area contributed by atoms with Gasteiger partial charge in [0.15, 0.2) is 0 Å². The molecule has 1 amide bonds. The van der Waals surface area contributed by atoms with Gasteiger partial charge in [-0.1, -0.05) is 33.6 Å². The van der Waals surface area contributed by atoms with E-state index in [9.17, 15) is 9.59 Å². The van der Waals surface area contributed by atoms with Crippen molar-refractivity contribution < 1.29 is 14.3 Å². The molecule has 116 valence electrons. The van der Waals surface area contributed by atoms with Crippen LogP contribution in [0.4, 0.5) is 0 Å². The van der Waals surface area contributed by atoms with Crippen molar-refractivity contribution in [1.29, 1.82) is 0 Å². The average Bonchev–Trinajstić information content (AvgIpc) is 2.44. The van der Waals surface area contributed by atoms with E-state index in [0.29, 0.717) is 18.9 Å². The van der Waals surface area contributed by atoms with Crippen molar-refractivity contribution in [1.82, 2.24) is 4.90 Å². The topological polar surface area (TPSA) is 46.6 Å². The number of carbonyl (C=O) groups excluding carboxylic acids is 2. The summed E-state index contributed by atoms with van der Waals surface area (Å²) in [6, 6.07) is 0.287. The van der Waals surface area contributed by atoms with E-state index in [1.54, 1.807) is 0 Å². The minimum Gasteiger partial charge on any atom is -0.469 e. The fourth-order valence-corrected chi connectivity index (χ4v) is 3.11. The molecule has 0 N–H and O–H groups in total. The molecule has 0 aromatic heterocycles. The highest BCUT2D eigenvalue weighted by Gasteiger charge is 2.32. The number of amides is 1. The van der Waals surface area contributed by atoms with Crippen LogP contribution < -0.4 is 0 Å². The van der Waals surface area contributed by atoms with E-state index in [1.165, 1.54) is 26.4 Å². The molecule has 1 aliphatic carbocycles. The van der Waals surface area contributed by atoms with Crippen LogP contribution in [0.25, 0.3) is 0 Å². The first-order valence-electron chi connectivity index (χ1n) is 7.88. The largest absolute Gasteiger partial charge is 0.469 e. The van der Waals surface area contributed by atoms with Crippen LogP contribution in [0.2, 0.25) is 0 Å². The Morgan fingerprint density at radius 3 is 2.50 bits per heavy atom. The van der Waals surface area contributed by atoms with Gasteiger partial charge in [0.2, 0.25) is 5.91 Å². The summed E-state index contributed by atoms with van der Waals surface area (Å²) in [5.74, 6) is 0.217. The van der Waals surface area contributed by atoms with Crippen LogP contribution in [0.15, 0.2) is 0 Å². The van der Waals surface area contributed by atoms with Gasteiger partial charge in [0.1, 0.15) is 0 Å². The zero-order valence-electron chi connectivity index (χ0n) is 13.4. The number of carbonyl (C=O) groups is 2. The van der Waals surface area contributed by atoms with Gasteiger partial charge >= 0.3 is 5.97 Å². The van der Waals surface area contributed by atoms with Crippen molar-refractivity contribution >= 4 is 11.9 Å². The van der Waals surface area contributed by atoms with Crippen molar-refractivity contribution in [2.24, 2.45) is 11.8 Å². The second-order valence-electron chi connectivity index (χ2n) is 6.05. The molecule has 3 unspecified atom stereocenters. The predicted octanol–water partition coefficient (Wildman–Crippen LogP) is 3.00. The molecular weight excluding hydrogens is 254 g/mol. The summed E-state index contributed by atoms with van der Waals surface area (Å²) in [5, 5.41) is 0. The van der Waals surface area contributed by atoms with Crippen LogP contribution in [0.5, 0.6) is 0 Å². The van der Waals surface area contributed by atoms with Gasteiger partial charge in [-0.3, -0.25) is 9.59 Å². The van der Waals surface area contributed by atoms with Crippen molar-refractivity contribution in [2.75, 3.05) is 13.7 Å². The maximum Gasteiger partial charge on any atom is 0.310 e. The molecule has 0 saturated heterocycles. The van der Waals surface area contributed by atoms with Crippen LogP contribution in [0, 0.1) is 11.8 Å². The van der Waals surface area contributed by atoms with Crippen LogP contribution in [-0.2, 0) is 14.3 Å². The second kappa shape index (κ2) is 8.28. The molecule has 3 atom stereocenters. The minimum absolute atomic E-state index is 0.182. The Bertz CT molecular complexity index is 330. The van der Waals surface area contributed by atoms with Crippen molar-refractivity contribution in [3.63, 3.8) is 0 Å². The molecule has 0 radical (unpaired) electrons. The van der Waals surface area contributed by atoms with E-state index in [2.05, 4.69) is 6.92 Å². The molecule has 0 bridgehead atoms. The Morgan fingerprint density at radius 2 is 1.95 bits per heavy atom. The summed E-state index contributed by atoms with van der Waals surface area (Å²) in [6.07, 6.45) is 6.08. The number of methoxy groups -OCH3 is 1. The first-order chi connectivity index (χ1) is 9.51. The summed E-state index contributed by atoms with van der Waals surface area (Å²) in [4.78, 5) is 26.0. The first-order valence-corrected chi connectivity index (χ1v) is 7.88. The third kappa shape index (κ3) is 4.50. The minimum atomic E-state index is -0.255. The molecule has 1 saturated carbocycles. The lowest BCUT2D eigenvalue weighted by Crippen LogP contribution is -2.48. The van der Waals surface area contributed by atoms with Gasteiger partial charge in [0, 0.05) is 19.0 Å². The van der Waals surface area contributed by atoms with Gasteiger partial charge in [-0.25, -0.2) is 0 Å². The van der Waals surface area contributed by atoms with E-state index in [-0.39, 0.29) is 23.8 Å². The van der Waals surface area contributed by atoms with Crippen LogP contribution in [0.1, 0.15) is 59.3 Å². The standard InChI is InChI=1S/C16H29NO3/c1-5-8-15(18)17(11-13(3)16(19)20-4)14-10-7-6-9-12(14)2/h12-14H,5-11H2,1-4H3. The summed E-state index contributed by atoms with van der Waals surface area (Å²) in [5.41, 5.74) is 0. The summed E-state index contributed by atoms with van der Waals surface area (Å²) < 4.78 is 4.79. The Labute approximate surface area is 122 Å². The van der Waals surface area contributed by atoms with Crippen molar-refractivity contribution in [3.05, 3.63) is 0 Å². The Balaban J connectivity index is 2.78. The Kier molecular flexibility index (Phi) is 7.03. The molecule has 20 heavy (non-hydrogen) atoms. The summed E-state index contributed by atoms with van der Waals surface area (Å²) in [7, 11) is 1.40. The van der Waals surface area contributed by atoms with Crippen molar-refractivity contribution in [2.45, 2.75) is 65.3 Å². The van der Waals surface area contributed by atoms with Crippen molar-refractivity contribution in [3.8, 4) is 0 Å². The van der Waals surface area contributed by atoms with E-state index < -0.39 is 0 Å². The molecule has 4 nitrogen and oxygen atoms in total. The molecule has 1 rings (SSSR count). The Hall–Kier alpha value is -1.06.